The van der Waals surface area contributed by atoms with E-state index in [1.807, 2.05) is 19.1 Å². The molecule has 3 amide bonds. The van der Waals surface area contributed by atoms with Crippen molar-refractivity contribution in [1.29, 1.82) is 0 Å². The Morgan fingerprint density at radius 2 is 1.83 bits per heavy atom. The monoisotopic (exact) mass is 583 g/mol. The van der Waals surface area contributed by atoms with Crippen LogP contribution in [0.1, 0.15) is 85.1 Å². The number of allylic oxidation sites excluding steroid dienone is 3. The maximum absolute atomic E-state index is 14.7. The Labute approximate surface area is 248 Å². The molecule has 1 saturated heterocycles. The molecule has 8 heteroatoms. The van der Waals surface area contributed by atoms with Gasteiger partial charge in [0.05, 0.1) is 6.04 Å². The first-order valence-corrected chi connectivity index (χ1v) is 14.8. The Balaban J connectivity index is 2.14. The van der Waals surface area contributed by atoms with E-state index >= 15 is 0 Å². The summed E-state index contributed by atoms with van der Waals surface area (Å²) < 4.78 is 42.4. The van der Waals surface area contributed by atoms with Gasteiger partial charge in [-0.25, -0.2) is 18.0 Å². The molecule has 1 heterocycles. The molecule has 1 aromatic carbocycles. The molecule has 1 aliphatic heterocycles. The lowest BCUT2D eigenvalue weighted by Crippen LogP contribution is -2.57. The second-order valence-electron chi connectivity index (χ2n) is 12.0. The van der Waals surface area contributed by atoms with Crippen molar-refractivity contribution in [1.82, 2.24) is 10.2 Å². The maximum Gasteiger partial charge on any atom is 0.326 e. The van der Waals surface area contributed by atoms with Crippen LogP contribution in [0.2, 0.25) is 0 Å². The van der Waals surface area contributed by atoms with Crippen LogP contribution in [0.15, 0.2) is 60.5 Å². The first-order valence-electron chi connectivity index (χ1n) is 14.8. The first-order chi connectivity index (χ1) is 19.8. The lowest BCUT2D eigenvalue weighted by molar-refractivity contribution is -0.123. The van der Waals surface area contributed by atoms with Crippen LogP contribution < -0.4 is 10.2 Å². The summed E-state index contributed by atoms with van der Waals surface area (Å²) in [5, 5.41) is 2.90. The predicted molar refractivity (Wildman–Crippen MR) is 163 cm³/mol. The van der Waals surface area contributed by atoms with E-state index in [0.29, 0.717) is 25.1 Å². The van der Waals surface area contributed by atoms with E-state index in [9.17, 15) is 22.8 Å². The first kappa shape index (κ1) is 33.0. The van der Waals surface area contributed by atoms with Crippen molar-refractivity contribution in [3.63, 3.8) is 0 Å². The molecule has 0 aromatic heterocycles. The molecule has 2 fully saturated rings. The van der Waals surface area contributed by atoms with E-state index in [-0.39, 0.29) is 42.7 Å². The molecule has 228 valence electrons. The van der Waals surface area contributed by atoms with E-state index in [0.717, 1.165) is 12.0 Å². The van der Waals surface area contributed by atoms with Crippen LogP contribution >= 0.6 is 0 Å². The van der Waals surface area contributed by atoms with E-state index in [4.69, 9.17) is 0 Å². The molecule has 42 heavy (non-hydrogen) atoms. The zero-order chi connectivity index (χ0) is 31.1. The van der Waals surface area contributed by atoms with E-state index < -0.39 is 35.8 Å². The second kappa shape index (κ2) is 14.1. The number of amides is 3. The molecular formula is C34H44F3N3O2. The fourth-order valence-electron chi connectivity index (χ4n) is 5.37. The lowest BCUT2D eigenvalue weighted by Gasteiger charge is -2.37. The van der Waals surface area contributed by atoms with Crippen molar-refractivity contribution in [2.24, 2.45) is 0 Å². The highest BCUT2D eigenvalue weighted by atomic mass is 19.3. The number of carbonyl (C=O) groups excluding carboxylic acids is 2. The zero-order valence-electron chi connectivity index (χ0n) is 25.5. The van der Waals surface area contributed by atoms with Crippen molar-refractivity contribution < 1.29 is 22.8 Å². The molecule has 2 aliphatic rings. The normalized spacial score (nSPS) is 20.4. The maximum atomic E-state index is 14.7. The van der Waals surface area contributed by atoms with E-state index in [1.54, 1.807) is 17.0 Å². The standard InChI is InChI=1S/C34H44F3N3O2/c1-7-10-12-28-13-11-22-39(28)32(42)40(29-16-14-25(15-17-29)33(4,5)6)30(24(8-2)23-26(35)9-3)31(41)38-27-18-20-34(36,37)21-19-27/h8-9,14-17,23,27-28,30H,2,7,11,13,18-22H2,1,3-6H3,(H,38,41)/b24-23+,26-9+. The number of nitrogens with zero attached hydrogens (tertiary/aromatic N) is 2. The highest BCUT2D eigenvalue weighted by Crippen LogP contribution is 2.34. The van der Waals surface area contributed by atoms with Crippen LogP contribution in [0.5, 0.6) is 0 Å². The van der Waals surface area contributed by atoms with Crippen LogP contribution in [0, 0.1) is 11.8 Å². The number of urea groups is 1. The van der Waals surface area contributed by atoms with Gasteiger partial charge in [-0.2, -0.15) is 0 Å². The number of hydrogen-bond donors (Lipinski definition) is 1. The highest BCUT2D eigenvalue weighted by molar-refractivity contribution is 6.02. The van der Waals surface area contributed by atoms with Gasteiger partial charge in [-0.3, -0.25) is 9.69 Å². The summed E-state index contributed by atoms with van der Waals surface area (Å²) in [6.45, 7) is 14.0. The molecule has 1 N–H and O–H groups in total. The van der Waals surface area contributed by atoms with Crippen LogP contribution in [0.25, 0.3) is 0 Å². The minimum atomic E-state index is -2.76. The third-order valence-electron chi connectivity index (χ3n) is 7.86. The van der Waals surface area contributed by atoms with Gasteiger partial charge in [0.2, 0.25) is 11.8 Å². The predicted octanol–water partition coefficient (Wildman–Crippen LogP) is 7.84. The number of hydrogen-bond acceptors (Lipinski definition) is 2. The molecule has 5 nitrogen and oxygen atoms in total. The molecular weight excluding hydrogens is 539 g/mol. The van der Waals surface area contributed by atoms with Gasteiger partial charge in [0, 0.05) is 37.5 Å². The third kappa shape index (κ3) is 8.30. The molecule has 0 radical (unpaired) electrons. The summed E-state index contributed by atoms with van der Waals surface area (Å²) in [7, 11) is 0. The number of carbonyl (C=O) groups is 2. The van der Waals surface area contributed by atoms with Crippen molar-refractivity contribution in [2.45, 2.75) is 109 Å². The van der Waals surface area contributed by atoms with Crippen molar-refractivity contribution in [3.05, 3.63) is 66.0 Å². The highest BCUT2D eigenvalue weighted by Gasteiger charge is 2.41. The summed E-state index contributed by atoms with van der Waals surface area (Å²) in [5.74, 6) is 2.31. The molecule has 3 rings (SSSR count). The van der Waals surface area contributed by atoms with Crippen LogP contribution in [-0.2, 0) is 10.2 Å². The minimum absolute atomic E-state index is 0.108. The molecule has 1 aromatic rings. The fourth-order valence-corrected chi connectivity index (χ4v) is 5.37. The number of halogens is 3. The van der Waals surface area contributed by atoms with Gasteiger partial charge in [0.15, 0.2) is 0 Å². The van der Waals surface area contributed by atoms with Crippen LogP contribution in [0.4, 0.5) is 23.7 Å². The molecule has 0 spiro atoms. The van der Waals surface area contributed by atoms with E-state index in [2.05, 4.69) is 44.5 Å². The Kier molecular flexibility index (Phi) is 11.1. The number of rotatable bonds is 7. The average Bonchev–Trinajstić information content (AvgIpc) is 3.42. The molecule has 2 unspecified atom stereocenters. The Hall–Kier alpha value is -3.47. The Morgan fingerprint density at radius 1 is 1.19 bits per heavy atom. The molecule has 0 bridgehead atoms. The number of alkyl halides is 2. The van der Waals surface area contributed by atoms with Gasteiger partial charge >= 0.3 is 6.03 Å². The Bertz CT molecular complexity index is 1240. The number of anilines is 1. The molecule has 1 aliphatic carbocycles. The summed E-state index contributed by atoms with van der Waals surface area (Å²) in [6.07, 6.45) is 5.48. The van der Waals surface area contributed by atoms with Crippen molar-refractivity contribution in [2.75, 3.05) is 11.4 Å². The van der Waals surface area contributed by atoms with Gasteiger partial charge in [-0.05, 0) is 67.4 Å². The Morgan fingerprint density at radius 3 is 2.38 bits per heavy atom. The zero-order valence-corrected chi connectivity index (χ0v) is 25.5. The van der Waals surface area contributed by atoms with Gasteiger partial charge in [-0.1, -0.05) is 64.5 Å². The minimum Gasteiger partial charge on any atom is -0.351 e. The van der Waals surface area contributed by atoms with Crippen molar-refractivity contribution >= 4 is 17.6 Å². The summed E-state index contributed by atoms with van der Waals surface area (Å²) >= 11 is 0. The number of likely N-dealkylation sites (tertiary alicyclic amines) is 1. The van der Waals surface area contributed by atoms with Crippen LogP contribution in [-0.4, -0.2) is 47.4 Å². The topological polar surface area (TPSA) is 52.7 Å². The van der Waals surface area contributed by atoms with E-state index in [1.165, 1.54) is 30.1 Å². The van der Waals surface area contributed by atoms with Gasteiger partial charge in [-0.15, -0.1) is 5.92 Å². The molecule has 2 atom stereocenters. The quantitative estimate of drug-likeness (QED) is 0.263. The van der Waals surface area contributed by atoms with Gasteiger partial charge < -0.3 is 10.2 Å². The number of nitrogens with one attached hydrogen (secondary N) is 1. The summed E-state index contributed by atoms with van der Waals surface area (Å²) in [6, 6.07) is 4.85. The SMILES string of the molecule is C=C/C(=C\C(F)=C/C)C(C(=O)NC1CCC(F)(F)CC1)N(C(=O)N1CCCC1C#CCC)c1ccc(C(C)(C)C)cc1. The third-order valence-corrected chi connectivity index (χ3v) is 7.86. The second-order valence-corrected chi connectivity index (χ2v) is 12.0. The van der Waals surface area contributed by atoms with Gasteiger partial charge in [0.25, 0.3) is 0 Å². The van der Waals surface area contributed by atoms with Gasteiger partial charge in [0.1, 0.15) is 11.9 Å². The molecule has 1 saturated carbocycles. The van der Waals surface area contributed by atoms with Crippen LogP contribution in [0.3, 0.4) is 0 Å². The largest absolute Gasteiger partial charge is 0.351 e. The smallest absolute Gasteiger partial charge is 0.326 e. The fraction of sp³-hybridized carbons (Fsp3) is 0.529. The average molecular weight is 584 g/mol. The summed E-state index contributed by atoms with van der Waals surface area (Å²) in [5.41, 5.74) is 1.51. The van der Waals surface area contributed by atoms with Crippen molar-refractivity contribution in [3.8, 4) is 11.8 Å². The number of benzene rings is 1. The lowest BCUT2D eigenvalue weighted by atomic mass is 9.87. The summed E-state index contributed by atoms with van der Waals surface area (Å²) in [4.78, 5) is 31.6.